The van der Waals surface area contributed by atoms with Gasteiger partial charge in [0.2, 0.25) is 5.91 Å². The number of benzene rings is 1. The average molecular weight is 258 g/mol. The van der Waals surface area contributed by atoms with Gasteiger partial charge in [0.1, 0.15) is 0 Å². The molecule has 2 rings (SSSR count). The lowest BCUT2D eigenvalue weighted by molar-refractivity contribution is -0.118. The first-order chi connectivity index (χ1) is 9.13. The van der Waals surface area contributed by atoms with Gasteiger partial charge in [0.15, 0.2) is 0 Å². The van der Waals surface area contributed by atoms with E-state index in [0.717, 1.165) is 31.5 Å². The number of anilines is 1. The van der Waals surface area contributed by atoms with Gasteiger partial charge in [-0.3, -0.25) is 4.79 Å². The minimum Gasteiger partial charge on any atom is -0.330 e. The van der Waals surface area contributed by atoms with Crippen molar-refractivity contribution in [1.29, 1.82) is 0 Å². The SMILES string of the molecule is C/C(=C\CCCN)c1ccc2c(c1)CCC(=O)N2C. The highest BCUT2D eigenvalue weighted by Gasteiger charge is 2.20. The van der Waals surface area contributed by atoms with Gasteiger partial charge in [0.25, 0.3) is 0 Å². The quantitative estimate of drug-likeness (QED) is 0.844. The van der Waals surface area contributed by atoms with E-state index >= 15 is 0 Å². The molecule has 0 aliphatic carbocycles. The Morgan fingerprint density at radius 2 is 2.21 bits per heavy atom. The monoisotopic (exact) mass is 258 g/mol. The number of nitrogens with zero attached hydrogens (tertiary/aromatic N) is 1. The third kappa shape index (κ3) is 3.04. The van der Waals surface area contributed by atoms with Crippen molar-refractivity contribution < 1.29 is 4.79 Å². The maximum absolute atomic E-state index is 11.7. The van der Waals surface area contributed by atoms with Crippen molar-refractivity contribution in [1.82, 2.24) is 0 Å². The normalized spacial score (nSPS) is 15.6. The minimum absolute atomic E-state index is 0.204. The number of nitrogens with two attached hydrogens (primary N) is 1. The number of hydrogen-bond donors (Lipinski definition) is 1. The molecule has 0 saturated heterocycles. The number of unbranched alkanes of at least 4 members (excludes halogenated alkanes) is 1. The molecule has 19 heavy (non-hydrogen) atoms. The topological polar surface area (TPSA) is 46.3 Å². The maximum atomic E-state index is 11.7. The largest absolute Gasteiger partial charge is 0.330 e. The predicted molar refractivity (Wildman–Crippen MR) is 80.1 cm³/mol. The van der Waals surface area contributed by atoms with Crippen molar-refractivity contribution in [2.45, 2.75) is 32.6 Å². The van der Waals surface area contributed by atoms with Crippen LogP contribution in [-0.2, 0) is 11.2 Å². The fraction of sp³-hybridized carbons (Fsp3) is 0.438. The fourth-order valence-corrected chi connectivity index (χ4v) is 2.46. The molecule has 1 aromatic carbocycles. The van der Waals surface area contributed by atoms with Crippen LogP contribution in [0.25, 0.3) is 5.57 Å². The number of hydrogen-bond acceptors (Lipinski definition) is 2. The number of rotatable bonds is 4. The summed E-state index contributed by atoms with van der Waals surface area (Å²) in [5.74, 6) is 0.204. The van der Waals surface area contributed by atoms with Crippen molar-refractivity contribution in [3.05, 3.63) is 35.4 Å². The van der Waals surface area contributed by atoms with Crippen molar-refractivity contribution in [2.75, 3.05) is 18.5 Å². The summed E-state index contributed by atoms with van der Waals surface area (Å²) in [5, 5.41) is 0. The standard InChI is InChI=1S/C16H22N2O/c1-12(5-3-4-10-17)13-6-8-15-14(11-13)7-9-16(19)18(15)2/h5-6,8,11H,3-4,7,9-10,17H2,1-2H3/b12-5+. The first kappa shape index (κ1) is 13.8. The molecular weight excluding hydrogens is 236 g/mol. The fourth-order valence-electron chi connectivity index (χ4n) is 2.46. The third-order valence-corrected chi connectivity index (χ3v) is 3.74. The van der Waals surface area contributed by atoms with Crippen LogP contribution in [-0.4, -0.2) is 19.5 Å². The highest BCUT2D eigenvalue weighted by Crippen LogP contribution is 2.29. The zero-order chi connectivity index (χ0) is 13.8. The highest BCUT2D eigenvalue weighted by atomic mass is 16.2. The maximum Gasteiger partial charge on any atom is 0.227 e. The first-order valence-corrected chi connectivity index (χ1v) is 6.90. The summed E-state index contributed by atoms with van der Waals surface area (Å²) >= 11 is 0. The zero-order valence-corrected chi connectivity index (χ0v) is 11.8. The van der Waals surface area contributed by atoms with Crippen LogP contribution in [0.3, 0.4) is 0 Å². The van der Waals surface area contributed by atoms with Crippen molar-refractivity contribution in [3.8, 4) is 0 Å². The van der Waals surface area contributed by atoms with E-state index in [9.17, 15) is 4.79 Å². The second-order valence-corrected chi connectivity index (χ2v) is 5.11. The molecule has 0 fully saturated rings. The van der Waals surface area contributed by atoms with Gasteiger partial charge < -0.3 is 10.6 Å². The molecule has 0 unspecified atom stereocenters. The Hall–Kier alpha value is -1.61. The molecule has 3 nitrogen and oxygen atoms in total. The lowest BCUT2D eigenvalue weighted by Gasteiger charge is -2.26. The van der Waals surface area contributed by atoms with Gasteiger partial charge in [-0.25, -0.2) is 0 Å². The smallest absolute Gasteiger partial charge is 0.227 e. The second-order valence-electron chi connectivity index (χ2n) is 5.11. The van der Waals surface area contributed by atoms with E-state index in [1.54, 1.807) is 4.90 Å². The molecule has 0 spiro atoms. The van der Waals surface area contributed by atoms with Crippen molar-refractivity contribution in [2.24, 2.45) is 5.73 Å². The molecule has 2 N–H and O–H groups in total. The van der Waals surface area contributed by atoms with E-state index in [4.69, 9.17) is 5.73 Å². The van der Waals surface area contributed by atoms with E-state index in [0.29, 0.717) is 6.42 Å². The first-order valence-electron chi connectivity index (χ1n) is 6.90. The van der Waals surface area contributed by atoms with E-state index in [1.165, 1.54) is 16.7 Å². The van der Waals surface area contributed by atoms with Gasteiger partial charge in [-0.2, -0.15) is 0 Å². The van der Waals surface area contributed by atoms with Crippen molar-refractivity contribution in [3.63, 3.8) is 0 Å². The van der Waals surface area contributed by atoms with Crippen LogP contribution in [0.4, 0.5) is 5.69 Å². The van der Waals surface area contributed by atoms with E-state index in [2.05, 4.69) is 31.2 Å². The third-order valence-electron chi connectivity index (χ3n) is 3.74. The number of aryl methyl sites for hydroxylation is 1. The zero-order valence-electron chi connectivity index (χ0n) is 11.8. The summed E-state index contributed by atoms with van der Waals surface area (Å²) in [7, 11) is 1.85. The Morgan fingerprint density at radius 1 is 1.42 bits per heavy atom. The minimum atomic E-state index is 0.204. The summed E-state index contributed by atoms with van der Waals surface area (Å²) in [6.45, 7) is 2.87. The molecule has 102 valence electrons. The Balaban J connectivity index is 2.22. The van der Waals surface area contributed by atoms with Gasteiger partial charge >= 0.3 is 0 Å². The molecule has 0 bridgehead atoms. The molecule has 0 radical (unpaired) electrons. The van der Waals surface area contributed by atoms with Crippen LogP contribution < -0.4 is 10.6 Å². The molecule has 1 aromatic rings. The lowest BCUT2D eigenvalue weighted by atomic mass is 9.96. The van der Waals surface area contributed by atoms with Crippen LogP contribution in [0.5, 0.6) is 0 Å². The Kier molecular flexibility index (Phi) is 4.38. The second kappa shape index (κ2) is 6.02. The average Bonchev–Trinajstić information content (AvgIpc) is 2.43. The highest BCUT2D eigenvalue weighted by molar-refractivity contribution is 5.96. The molecule has 1 aliphatic rings. The van der Waals surface area contributed by atoms with Crippen LogP contribution in [0.15, 0.2) is 24.3 Å². The molecule has 1 aliphatic heterocycles. The van der Waals surface area contributed by atoms with Crippen LogP contribution >= 0.6 is 0 Å². The Labute approximate surface area is 115 Å². The Morgan fingerprint density at radius 3 is 2.95 bits per heavy atom. The van der Waals surface area contributed by atoms with Gasteiger partial charge in [0, 0.05) is 19.2 Å². The summed E-state index contributed by atoms with van der Waals surface area (Å²) in [4.78, 5) is 13.4. The summed E-state index contributed by atoms with van der Waals surface area (Å²) in [5.41, 5.74) is 10.4. The van der Waals surface area contributed by atoms with Crippen LogP contribution in [0.2, 0.25) is 0 Å². The van der Waals surface area contributed by atoms with Crippen molar-refractivity contribution >= 4 is 17.2 Å². The van der Waals surface area contributed by atoms with Gasteiger partial charge in [-0.05, 0) is 61.6 Å². The van der Waals surface area contributed by atoms with E-state index < -0.39 is 0 Å². The number of fused-ring (bicyclic) bond motifs is 1. The number of amides is 1. The van der Waals surface area contributed by atoms with Gasteiger partial charge in [0.05, 0.1) is 0 Å². The number of allylic oxidation sites excluding steroid dienone is 2. The predicted octanol–water partition coefficient (Wildman–Crippen LogP) is 2.74. The van der Waals surface area contributed by atoms with Crippen LogP contribution in [0.1, 0.15) is 37.3 Å². The molecule has 0 atom stereocenters. The molecule has 0 aromatic heterocycles. The molecule has 0 saturated carbocycles. The summed E-state index contributed by atoms with van der Waals surface area (Å²) < 4.78 is 0. The molecule has 1 amide bonds. The van der Waals surface area contributed by atoms with Crippen LogP contribution in [0, 0.1) is 0 Å². The van der Waals surface area contributed by atoms with Gasteiger partial charge in [-0.15, -0.1) is 0 Å². The Bertz CT molecular complexity index is 505. The summed E-state index contributed by atoms with van der Waals surface area (Å²) in [6.07, 6.45) is 5.76. The van der Waals surface area contributed by atoms with E-state index in [-0.39, 0.29) is 5.91 Å². The number of carbonyl (C=O) groups is 1. The number of carbonyl (C=O) groups excluding carboxylic acids is 1. The molecule has 3 heteroatoms. The van der Waals surface area contributed by atoms with Gasteiger partial charge in [-0.1, -0.05) is 12.1 Å². The lowest BCUT2D eigenvalue weighted by Crippen LogP contribution is -2.31. The molecular formula is C16H22N2O. The summed E-state index contributed by atoms with van der Waals surface area (Å²) in [6, 6.07) is 6.37. The molecule has 1 heterocycles. The van der Waals surface area contributed by atoms with E-state index in [1.807, 2.05) is 7.05 Å².